The number of nitrogens with zero attached hydrogens (tertiary/aromatic N) is 2. The largest absolute Gasteiger partial charge is 0.493 e. The Morgan fingerprint density at radius 2 is 1.82 bits per heavy atom. The van der Waals surface area contributed by atoms with E-state index in [4.69, 9.17) is 18.9 Å². The van der Waals surface area contributed by atoms with Gasteiger partial charge in [0.15, 0.2) is 23.0 Å². The van der Waals surface area contributed by atoms with E-state index in [1.165, 1.54) is 6.21 Å². The summed E-state index contributed by atoms with van der Waals surface area (Å²) >= 11 is 3.54. The summed E-state index contributed by atoms with van der Waals surface area (Å²) in [5.74, 6) is 1.78. The topological polar surface area (TPSA) is 86.7 Å². The number of imide groups is 1. The molecule has 2 fully saturated rings. The van der Waals surface area contributed by atoms with Gasteiger partial charge in [-0.1, -0.05) is 18.2 Å². The molecule has 4 atom stereocenters. The molecule has 4 aliphatic rings. The highest BCUT2D eigenvalue weighted by Gasteiger charge is 2.59. The maximum Gasteiger partial charge on any atom is 0.254 e. The number of ether oxygens (including phenoxy) is 4. The zero-order chi connectivity index (χ0) is 23.4. The van der Waals surface area contributed by atoms with E-state index >= 15 is 0 Å². The van der Waals surface area contributed by atoms with Crippen molar-refractivity contribution < 1.29 is 28.5 Å². The number of methoxy groups -OCH3 is 1. The van der Waals surface area contributed by atoms with Gasteiger partial charge in [-0.15, -0.1) is 0 Å². The second kappa shape index (κ2) is 8.16. The summed E-state index contributed by atoms with van der Waals surface area (Å²) in [5, 5.41) is 5.28. The minimum atomic E-state index is -0.270. The second-order valence-electron chi connectivity index (χ2n) is 8.74. The fourth-order valence-electron chi connectivity index (χ4n) is 5.27. The predicted molar refractivity (Wildman–Crippen MR) is 125 cm³/mol. The highest BCUT2D eigenvalue weighted by molar-refractivity contribution is 9.10. The SMILES string of the molecule is COc1cc(C=NN2C(=O)[C@@H]3[C@H](C2=O)[C@H]2C=C[C@H]3C2)cc(Br)c1OCc1ccc2c(c1)OCO2. The normalized spacial score (nSPS) is 26.1. The third-order valence-electron chi connectivity index (χ3n) is 6.84. The minimum Gasteiger partial charge on any atom is -0.493 e. The molecule has 2 aromatic carbocycles. The summed E-state index contributed by atoms with van der Waals surface area (Å²) in [4.78, 5) is 25.7. The van der Waals surface area contributed by atoms with Gasteiger partial charge in [0.05, 0.1) is 29.6 Å². The summed E-state index contributed by atoms with van der Waals surface area (Å²) < 4.78 is 23.0. The van der Waals surface area contributed by atoms with Crippen molar-refractivity contribution in [3.8, 4) is 23.0 Å². The van der Waals surface area contributed by atoms with Gasteiger partial charge in [-0.25, -0.2) is 0 Å². The van der Waals surface area contributed by atoms with Gasteiger partial charge in [0.25, 0.3) is 11.8 Å². The van der Waals surface area contributed by atoms with Crippen LogP contribution < -0.4 is 18.9 Å². The number of amides is 2. The minimum absolute atomic E-state index is 0.155. The molecule has 8 nitrogen and oxygen atoms in total. The Kier molecular flexibility index (Phi) is 5.09. The Labute approximate surface area is 204 Å². The fraction of sp³-hybridized carbons (Fsp3) is 0.320. The smallest absolute Gasteiger partial charge is 0.254 e. The van der Waals surface area contributed by atoms with Crippen molar-refractivity contribution in [2.45, 2.75) is 13.0 Å². The maximum atomic E-state index is 12.8. The summed E-state index contributed by atoms with van der Waals surface area (Å²) in [6.45, 7) is 0.519. The van der Waals surface area contributed by atoms with Crippen LogP contribution in [0.1, 0.15) is 17.5 Å². The van der Waals surface area contributed by atoms with Crippen molar-refractivity contribution in [1.82, 2.24) is 5.01 Å². The van der Waals surface area contributed by atoms with E-state index in [1.54, 1.807) is 19.2 Å². The van der Waals surface area contributed by atoms with Crippen LogP contribution in [0.2, 0.25) is 0 Å². The van der Waals surface area contributed by atoms with E-state index in [9.17, 15) is 9.59 Å². The molecule has 2 amide bonds. The zero-order valence-corrected chi connectivity index (χ0v) is 19.9. The molecule has 0 spiro atoms. The van der Waals surface area contributed by atoms with Crippen LogP contribution in [0.5, 0.6) is 23.0 Å². The van der Waals surface area contributed by atoms with Gasteiger partial charge in [0, 0.05) is 0 Å². The third-order valence-corrected chi connectivity index (χ3v) is 7.43. The average Bonchev–Trinajstić information content (AvgIpc) is 3.61. The lowest BCUT2D eigenvalue weighted by atomic mass is 9.85. The second-order valence-corrected chi connectivity index (χ2v) is 9.60. The number of benzene rings is 2. The van der Waals surface area contributed by atoms with Crippen LogP contribution in [-0.4, -0.2) is 36.9 Å². The monoisotopic (exact) mass is 524 g/mol. The van der Waals surface area contributed by atoms with Crippen LogP contribution in [0.15, 0.2) is 52.1 Å². The molecule has 174 valence electrons. The molecule has 0 aromatic heterocycles. The zero-order valence-electron chi connectivity index (χ0n) is 18.3. The van der Waals surface area contributed by atoms with Crippen molar-refractivity contribution >= 4 is 34.0 Å². The molecule has 1 saturated carbocycles. The van der Waals surface area contributed by atoms with Gasteiger partial charge < -0.3 is 18.9 Å². The van der Waals surface area contributed by atoms with Crippen LogP contribution in [0.25, 0.3) is 0 Å². The van der Waals surface area contributed by atoms with Crippen molar-refractivity contribution in [2.24, 2.45) is 28.8 Å². The molecule has 2 heterocycles. The highest BCUT2D eigenvalue weighted by Crippen LogP contribution is 2.52. The van der Waals surface area contributed by atoms with E-state index in [-0.39, 0.29) is 42.3 Å². The molecule has 0 unspecified atom stereocenters. The summed E-state index contributed by atoms with van der Waals surface area (Å²) in [7, 11) is 1.55. The Morgan fingerprint density at radius 1 is 1.09 bits per heavy atom. The molecule has 0 radical (unpaired) electrons. The number of carbonyl (C=O) groups excluding carboxylic acids is 2. The van der Waals surface area contributed by atoms with Gasteiger partial charge in [0.2, 0.25) is 6.79 Å². The first-order valence-corrected chi connectivity index (χ1v) is 11.8. The first-order chi connectivity index (χ1) is 16.5. The van der Waals surface area contributed by atoms with Crippen LogP contribution in [-0.2, 0) is 16.2 Å². The quantitative estimate of drug-likeness (QED) is 0.323. The number of hydrogen-bond donors (Lipinski definition) is 0. The predicted octanol–water partition coefficient (Wildman–Crippen LogP) is 3.91. The van der Waals surface area contributed by atoms with E-state index < -0.39 is 0 Å². The van der Waals surface area contributed by atoms with Crippen LogP contribution in [0, 0.1) is 23.7 Å². The summed E-state index contributed by atoms with van der Waals surface area (Å²) in [6, 6.07) is 9.20. The van der Waals surface area contributed by atoms with Crippen molar-refractivity contribution in [3.05, 3.63) is 58.1 Å². The first kappa shape index (κ1) is 21.2. The van der Waals surface area contributed by atoms with Gasteiger partial charge in [-0.2, -0.15) is 10.1 Å². The molecule has 6 rings (SSSR count). The number of hydrazone groups is 1. The van der Waals surface area contributed by atoms with Gasteiger partial charge >= 0.3 is 0 Å². The molecular weight excluding hydrogens is 504 g/mol. The lowest BCUT2D eigenvalue weighted by Gasteiger charge is -2.14. The summed E-state index contributed by atoms with van der Waals surface area (Å²) in [6.07, 6.45) is 6.52. The Morgan fingerprint density at radius 3 is 2.56 bits per heavy atom. The third kappa shape index (κ3) is 3.37. The molecule has 9 heteroatoms. The molecule has 2 aliphatic heterocycles. The molecule has 2 bridgehead atoms. The van der Waals surface area contributed by atoms with Crippen LogP contribution >= 0.6 is 15.9 Å². The van der Waals surface area contributed by atoms with Gasteiger partial charge in [-0.05, 0) is 69.6 Å². The number of rotatable bonds is 6. The van der Waals surface area contributed by atoms with E-state index in [0.29, 0.717) is 39.6 Å². The number of carbonyl (C=O) groups is 2. The maximum absolute atomic E-state index is 12.8. The Hall–Kier alpha value is -3.33. The molecule has 2 aliphatic carbocycles. The van der Waals surface area contributed by atoms with Gasteiger partial charge in [-0.3, -0.25) is 9.59 Å². The van der Waals surface area contributed by atoms with E-state index in [0.717, 1.165) is 17.0 Å². The van der Waals surface area contributed by atoms with Crippen LogP contribution in [0.4, 0.5) is 0 Å². The van der Waals surface area contributed by atoms with E-state index in [2.05, 4.69) is 33.2 Å². The van der Waals surface area contributed by atoms with E-state index in [1.807, 2.05) is 18.2 Å². The lowest BCUT2D eigenvalue weighted by Crippen LogP contribution is -2.28. The highest BCUT2D eigenvalue weighted by atomic mass is 79.9. The van der Waals surface area contributed by atoms with Crippen molar-refractivity contribution in [2.75, 3.05) is 13.9 Å². The first-order valence-electron chi connectivity index (χ1n) is 11.0. The fourth-order valence-corrected chi connectivity index (χ4v) is 5.84. The lowest BCUT2D eigenvalue weighted by molar-refractivity contribution is -0.140. The number of fused-ring (bicyclic) bond motifs is 6. The number of allylic oxidation sites excluding steroid dienone is 2. The summed E-state index contributed by atoms with van der Waals surface area (Å²) in [5.41, 5.74) is 1.59. The Balaban J connectivity index is 1.18. The molecule has 34 heavy (non-hydrogen) atoms. The van der Waals surface area contributed by atoms with Crippen molar-refractivity contribution in [3.63, 3.8) is 0 Å². The average molecular weight is 525 g/mol. The molecule has 1 saturated heterocycles. The number of halogens is 1. The number of hydrogen-bond acceptors (Lipinski definition) is 7. The standard InChI is InChI=1S/C25H21BrN2O6/c1-31-20-8-14(10-27-28-24(29)21-15-3-4-16(9-15)22(21)25(28)30)6-17(26)23(20)32-11-13-2-5-18-19(7-13)34-12-33-18/h2-8,10,15-16,21-22H,9,11-12H2,1H3/t15-,16-,21-,22+/m0/s1. The van der Waals surface area contributed by atoms with Crippen molar-refractivity contribution in [1.29, 1.82) is 0 Å². The Bertz CT molecular complexity index is 1230. The molecule has 0 N–H and O–H groups in total. The van der Waals surface area contributed by atoms with Gasteiger partial charge in [0.1, 0.15) is 6.61 Å². The van der Waals surface area contributed by atoms with Crippen LogP contribution in [0.3, 0.4) is 0 Å². The molecular formula is C25H21BrN2O6. The molecule has 2 aromatic rings.